The number of nitrogen functional groups attached to an aromatic ring is 1. The predicted octanol–water partition coefficient (Wildman–Crippen LogP) is 2.34. The third-order valence-electron chi connectivity index (χ3n) is 4.27. The van der Waals surface area contributed by atoms with Crippen molar-refractivity contribution >= 4 is 11.7 Å². The molecule has 1 aromatic carbocycles. The predicted molar refractivity (Wildman–Crippen MR) is 100.0 cm³/mol. The van der Waals surface area contributed by atoms with Crippen LogP contribution in [0.2, 0.25) is 0 Å². The van der Waals surface area contributed by atoms with E-state index in [1.54, 1.807) is 26.2 Å². The lowest BCUT2D eigenvalue weighted by Gasteiger charge is -2.26. The fourth-order valence-electron chi connectivity index (χ4n) is 2.89. The Balaban J connectivity index is 2.05. The van der Waals surface area contributed by atoms with Gasteiger partial charge >= 0.3 is 5.97 Å². The van der Waals surface area contributed by atoms with Crippen molar-refractivity contribution in [2.24, 2.45) is 0 Å². The Labute approximate surface area is 155 Å². The zero-order valence-electron chi connectivity index (χ0n) is 15.8. The second-order valence-electron chi connectivity index (χ2n) is 6.20. The molecule has 1 aromatic rings. The Kier molecular flexibility index (Phi) is 8.50. The van der Waals surface area contributed by atoms with Crippen molar-refractivity contribution in [2.45, 2.75) is 26.2 Å². The van der Waals surface area contributed by atoms with Crippen molar-refractivity contribution in [1.82, 2.24) is 4.90 Å². The number of nitrogens with zero attached hydrogens (tertiary/aromatic N) is 1. The number of piperidine rings is 1. The first kappa shape index (κ1) is 20.3. The number of methoxy groups -OCH3 is 1. The van der Waals surface area contributed by atoms with Gasteiger partial charge in [0.15, 0.2) is 11.5 Å². The number of anilines is 1. The van der Waals surface area contributed by atoms with Gasteiger partial charge < -0.3 is 24.7 Å². The molecule has 146 valence electrons. The molecule has 7 heteroatoms. The van der Waals surface area contributed by atoms with Gasteiger partial charge in [0, 0.05) is 25.8 Å². The minimum absolute atomic E-state index is 0.280. The third kappa shape index (κ3) is 6.07. The molecule has 1 aliphatic heterocycles. The molecule has 0 aromatic heterocycles. The van der Waals surface area contributed by atoms with Crippen molar-refractivity contribution in [3.63, 3.8) is 0 Å². The second-order valence-corrected chi connectivity index (χ2v) is 6.20. The molecular weight excluding hydrogens is 336 g/mol. The van der Waals surface area contributed by atoms with E-state index in [0.29, 0.717) is 37.0 Å². The van der Waals surface area contributed by atoms with Gasteiger partial charge in [0.2, 0.25) is 0 Å². The summed E-state index contributed by atoms with van der Waals surface area (Å²) in [5.41, 5.74) is 6.61. The SMILES string of the molecule is CCOC(=O)c1cc(OCCOC)c(OCCN2CCCCC2)cc1N. The van der Waals surface area contributed by atoms with E-state index in [-0.39, 0.29) is 12.2 Å². The lowest BCUT2D eigenvalue weighted by molar-refractivity contribution is 0.0527. The first-order valence-electron chi connectivity index (χ1n) is 9.23. The Morgan fingerprint density at radius 3 is 2.46 bits per heavy atom. The largest absolute Gasteiger partial charge is 0.488 e. The van der Waals surface area contributed by atoms with Crippen molar-refractivity contribution < 1.29 is 23.7 Å². The Bertz CT molecular complexity index is 573. The molecule has 1 aliphatic rings. The average Bonchev–Trinajstić information content (AvgIpc) is 2.64. The monoisotopic (exact) mass is 366 g/mol. The molecule has 0 unspecified atom stereocenters. The maximum absolute atomic E-state index is 12.0. The van der Waals surface area contributed by atoms with Gasteiger partial charge in [-0.25, -0.2) is 4.79 Å². The van der Waals surface area contributed by atoms with Crippen molar-refractivity contribution in [3.8, 4) is 11.5 Å². The van der Waals surface area contributed by atoms with Gasteiger partial charge in [-0.3, -0.25) is 4.90 Å². The zero-order valence-corrected chi connectivity index (χ0v) is 15.8. The lowest BCUT2D eigenvalue weighted by atomic mass is 10.1. The standard InChI is InChI=1S/C19H30N2O5/c1-3-24-19(22)15-13-17(26-12-11-23-2)18(14-16(15)20)25-10-9-21-7-5-4-6-8-21/h13-14H,3-12,20H2,1-2H3. The van der Waals surface area contributed by atoms with Gasteiger partial charge in [-0.2, -0.15) is 0 Å². The Hall–Kier alpha value is -1.99. The van der Waals surface area contributed by atoms with E-state index in [0.717, 1.165) is 19.6 Å². The van der Waals surface area contributed by atoms with E-state index in [1.165, 1.54) is 19.3 Å². The van der Waals surface area contributed by atoms with E-state index in [1.807, 2.05) is 0 Å². The summed E-state index contributed by atoms with van der Waals surface area (Å²) >= 11 is 0. The number of benzene rings is 1. The van der Waals surface area contributed by atoms with E-state index in [4.69, 9.17) is 24.7 Å². The highest BCUT2D eigenvalue weighted by molar-refractivity contribution is 5.96. The quantitative estimate of drug-likeness (QED) is 0.386. The lowest BCUT2D eigenvalue weighted by Crippen LogP contribution is -2.33. The number of ether oxygens (including phenoxy) is 4. The highest BCUT2D eigenvalue weighted by Crippen LogP contribution is 2.33. The van der Waals surface area contributed by atoms with Crippen molar-refractivity contribution in [3.05, 3.63) is 17.7 Å². The summed E-state index contributed by atoms with van der Waals surface area (Å²) in [5, 5.41) is 0. The van der Waals surface area contributed by atoms with E-state index in [2.05, 4.69) is 4.90 Å². The first-order valence-corrected chi connectivity index (χ1v) is 9.23. The van der Waals surface area contributed by atoms with Crippen molar-refractivity contribution in [1.29, 1.82) is 0 Å². The van der Waals surface area contributed by atoms with Crippen LogP contribution in [0.1, 0.15) is 36.5 Å². The minimum Gasteiger partial charge on any atom is -0.488 e. The van der Waals surface area contributed by atoms with E-state index >= 15 is 0 Å². The molecule has 2 N–H and O–H groups in total. The molecule has 0 spiro atoms. The van der Waals surface area contributed by atoms with Gasteiger partial charge in [0.1, 0.15) is 13.2 Å². The molecule has 26 heavy (non-hydrogen) atoms. The first-order chi connectivity index (χ1) is 12.7. The van der Waals surface area contributed by atoms with E-state index in [9.17, 15) is 4.79 Å². The molecule has 0 saturated carbocycles. The molecular formula is C19H30N2O5. The molecule has 0 amide bonds. The van der Waals surface area contributed by atoms with Gasteiger partial charge in [-0.1, -0.05) is 6.42 Å². The normalized spacial score (nSPS) is 14.8. The molecule has 0 atom stereocenters. The number of hydrogen-bond donors (Lipinski definition) is 1. The van der Waals surface area contributed by atoms with Crippen LogP contribution in [0.3, 0.4) is 0 Å². The summed E-state index contributed by atoms with van der Waals surface area (Å²) in [4.78, 5) is 14.4. The number of rotatable bonds is 10. The van der Waals surface area contributed by atoms with Crippen molar-refractivity contribution in [2.75, 3.05) is 58.9 Å². The van der Waals surface area contributed by atoms with Crippen LogP contribution in [0.5, 0.6) is 11.5 Å². The van der Waals surface area contributed by atoms with Crippen LogP contribution in [0.15, 0.2) is 12.1 Å². The van der Waals surface area contributed by atoms with Crippen LogP contribution in [0.25, 0.3) is 0 Å². The summed E-state index contributed by atoms with van der Waals surface area (Å²) in [7, 11) is 1.60. The number of hydrogen-bond acceptors (Lipinski definition) is 7. The Morgan fingerprint density at radius 1 is 1.08 bits per heavy atom. The van der Waals surface area contributed by atoms with Crippen LogP contribution < -0.4 is 15.2 Å². The van der Waals surface area contributed by atoms with Crippen LogP contribution in [-0.2, 0) is 9.47 Å². The fraction of sp³-hybridized carbons (Fsp3) is 0.632. The number of nitrogens with two attached hydrogens (primary N) is 1. The summed E-state index contributed by atoms with van der Waals surface area (Å²) in [6.07, 6.45) is 3.79. The Morgan fingerprint density at radius 2 is 1.77 bits per heavy atom. The second kappa shape index (κ2) is 10.9. The fourth-order valence-corrected chi connectivity index (χ4v) is 2.89. The molecule has 2 rings (SSSR count). The van der Waals surface area contributed by atoms with Crippen LogP contribution in [0.4, 0.5) is 5.69 Å². The molecule has 1 fully saturated rings. The average molecular weight is 366 g/mol. The summed E-state index contributed by atoms with van der Waals surface area (Å²) in [6.45, 7) is 6.46. The highest BCUT2D eigenvalue weighted by Gasteiger charge is 2.18. The van der Waals surface area contributed by atoms with Gasteiger partial charge in [-0.05, 0) is 32.9 Å². The van der Waals surface area contributed by atoms with Crippen LogP contribution in [0, 0.1) is 0 Å². The van der Waals surface area contributed by atoms with E-state index < -0.39 is 5.97 Å². The molecule has 1 heterocycles. The van der Waals surface area contributed by atoms with Crippen LogP contribution in [-0.4, -0.2) is 64.0 Å². The number of likely N-dealkylation sites (tertiary alicyclic amines) is 1. The molecule has 1 saturated heterocycles. The number of carbonyl (C=O) groups excluding carboxylic acids is 1. The van der Waals surface area contributed by atoms with Gasteiger partial charge in [0.25, 0.3) is 0 Å². The zero-order chi connectivity index (χ0) is 18.8. The maximum Gasteiger partial charge on any atom is 0.340 e. The molecule has 0 radical (unpaired) electrons. The third-order valence-corrected chi connectivity index (χ3v) is 4.27. The number of carbonyl (C=O) groups is 1. The molecule has 7 nitrogen and oxygen atoms in total. The number of esters is 1. The highest BCUT2D eigenvalue weighted by atomic mass is 16.5. The minimum atomic E-state index is -0.471. The maximum atomic E-state index is 12.0. The topological polar surface area (TPSA) is 83.3 Å². The molecule has 0 aliphatic carbocycles. The smallest absolute Gasteiger partial charge is 0.340 e. The summed E-state index contributed by atoms with van der Waals surface area (Å²) in [6, 6.07) is 3.21. The summed E-state index contributed by atoms with van der Waals surface area (Å²) < 4.78 is 21.7. The van der Waals surface area contributed by atoms with Gasteiger partial charge in [0.05, 0.1) is 24.5 Å². The van der Waals surface area contributed by atoms with Gasteiger partial charge in [-0.15, -0.1) is 0 Å². The summed E-state index contributed by atoms with van der Waals surface area (Å²) in [5.74, 6) is 0.531. The molecule has 0 bridgehead atoms. The van der Waals surface area contributed by atoms with Crippen LogP contribution >= 0.6 is 0 Å².